The Bertz CT molecular complexity index is 874. The lowest BCUT2D eigenvalue weighted by Crippen LogP contribution is -2.38. The number of urea groups is 1. The van der Waals surface area contributed by atoms with Gasteiger partial charge in [-0.05, 0) is 49.2 Å². The summed E-state index contributed by atoms with van der Waals surface area (Å²) in [4.78, 5) is 15.2. The minimum Gasteiger partial charge on any atom is -0.492 e. The van der Waals surface area contributed by atoms with Crippen molar-refractivity contribution in [1.29, 1.82) is 0 Å². The van der Waals surface area contributed by atoms with Crippen molar-refractivity contribution >= 4 is 16.9 Å². The van der Waals surface area contributed by atoms with Gasteiger partial charge in [-0.25, -0.2) is 9.18 Å². The van der Waals surface area contributed by atoms with E-state index >= 15 is 0 Å². The van der Waals surface area contributed by atoms with Crippen LogP contribution in [-0.2, 0) is 6.42 Å². The Hall–Kier alpha value is -3.02. The molecule has 0 unspecified atom stereocenters. The number of rotatable bonds is 7. The number of aromatic amines is 1. The van der Waals surface area contributed by atoms with Crippen LogP contribution in [0.4, 0.5) is 9.18 Å². The molecule has 0 aliphatic rings. The fourth-order valence-corrected chi connectivity index (χ4v) is 2.88. The molecule has 2 aromatic carbocycles. The highest BCUT2D eigenvalue weighted by Gasteiger charge is 2.08. The van der Waals surface area contributed by atoms with Crippen LogP contribution < -0.4 is 15.4 Å². The van der Waals surface area contributed by atoms with Crippen LogP contribution in [0.1, 0.15) is 11.3 Å². The van der Waals surface area contributed by atoms with E-state index < -0.39 is 0 Å². The lowest BCUT2D eigenvalue weighted by molar-refractivity contribution is 0.236. The molecule has 0 atom stereocenters. The quantitative estimate of drug-likeness (QED) is 0.568. The van der Waals surface area contributed by atoms with E-state index in [1.165, 1.54) is 23.1 Å². The molecule has 3 rings (SSSR count). The number of carbonyl (C=O) groups is 1. The number of para-hydroxylation sites is 1. The Morgan fingerprint density at radius 1 is 1.08 bits per heavy atom. The third-order valence-electron chi connectivity index (χ3n) is 4.16. The van der Waals surface area contributed by atoms with Crippen molar-refractivity contribution in [1.82, 2.24) is 15.6 Å². The molecular weight excluding hydrogens is 333 g/mol. The molecule has 2 amide bonds. The Morgan fingerprint density at radius 2 is 1.81 bits per heavy atom. The van der Waals surface area contributed by atoms with Crippen molar-refractivity contribution in [3.63, 3.8) is 0 Å². The molecule has 0 aliphatic carbocycles. The van der Waals surface area contributed by atoms with Crippen LogP contribution in [0.2, 0.25) is 0 Å². The number of hydrogen-bond acceptors (Lipinski definition) is 2. The number of benzene rings is 2. The molecule has 136 valence electrons. The summed E-state index contributed by atoms with van der Waals surface area (Å²) < 4.78 is 18.2. The zero-order chi connectivity index (χ0) is 18.4. The van der Waals surface area contributed by atoms with Crippen LogP contribution in [0.3, 0.4) is 0 Å². The molecule has 26 heavy (non-hydrogen) atoms. The number of hydrogen-bond donors (Lipinski definition) is 3. The summed E-state index contributed by atoms with van der Waals surface area (Å²) in [5.74, 6) is 0.267. The third kappa shape index (κ3) is 4.53. The highest BCUT2D eigenvalue weighted by Crippen LogP contribution is 2.21. The van der Waals surface area contributed by atoms with Crippen molar-refractivity contribution in [3.05, 3.63) is 65.6 Å². The second-order valence-corrected chi connectivity index (χ2v) is 6.01. The number of carbonyl (C=O) groups excluding carboxylic acids is 1. The zero-order valence-corrected chi connectivity index (χ0v) is 14.6. The average molecular weight is 355 g/mol. The summed E-state index contributed by atoms with van der Waals surface area (Å²) in [6.07, 6.45) is 0.759. The summed E-state index contributed by atoms with van der Waals surface area (Å²) in [6, 6.07) is 13.7. The molecule has 1 heterocycles. The molecule has 0 radical (unpaired) electrons. The second kappa shape index (κ2) is 8.38. The predicted molar refractivity (Wildman–Crippen MR) is 100 cm³/mol. The fourth-order valence-electron chi connectivity index (χ4n) is 2.88. The molecule has 0 saturated carbocycles. The number of H-pyrrole nitrogens is 1. The van der Waals surface area contributed by atoms with E-state index in [1.54, 1.807) is 12.1 Å². The van der Waals surface area contributed by atoms with Gasteiger partial charge in [0.2, 0.25) is 0 Å². The molecular formula is C20H22FN3O2. The van der Waals surface area contributed by atoms with Crippen molar-refractivity contribution < 1.29 is 13.9 Å². The maximum atomic E-state index is 12.8. The molecule has 6 heteroatoms. The standard InChI is InChI=1S/C20H22FN3O2/c1-14-17(18-4-2-3-5-19(18)24-14)10-11-22-20(25)23-12-13-26-16-8-6-15(21)7-9-16/h2-9,24H,10-13H2,1H3,(H2,22,23,25). The van der Waals surface area contributed by atoms with E-state index in [0.717, 1.165) is 17.6 Å². The molecule has 0 fully saturated rings. The number of halogens is 1. The maximum Gasteiger partial charge on any atom is 0.314 e. The minimum absolute atomic E-state index is 0.231. The SMILES string of the molecule is Cc1[nH]c2ccccc2c1CCNC(=O)NCCOc1ccc(F)cc1. The van der Waals surface area contributed by atoms with Crippen molar-refractivity contribution in [2.45, 2.75) is 13.3 Å². The largest absolute Gasteiger partial charge is 0.492 e. The number of aromatic nitrogens is 1. The van der Waals surface area contributed by atoms with Gasteiger partial charge in [-0.3, -0.25) is 0 Å². The topological polar surface area (TPSA) is 66.2 Å². The Labute approximate surface area is 151 Å². The van der Waals surface area contributed by atoms with Gasteiger partial charge in [0, 0.05) is 23.1 Å². The van der Waals surface area contributed by atoms with Crippen LogP contribution in [0.5, 0.6) is 5.75 Å². The number of nitrogens with one attached hydrogen (secondary N) is 3. The lowest BCUT2D eigenvalue weighted by atomic mass is 10.1. The van der Waals surface area contributed by atoms with Gasteiger partial charge in [0.25, 0.3) is 0 Å². The van der Waals surface area contributed by atoms with E-state index in [1.807, 2.05) is 25.1 Å². The summed E-state index contributed by atoms with van der Waals surface area (Å²) >= 11 is 0. The van der Waals surface area contributed by atoms with Gasteiger partial charge in [-0.2, -0.15) is 0 Å². The highest BCUT2D eigenvalue weighted by atomic mass is 19.1. The van der Waals surface area contributed by atoms with Gasteiger partial charge in [-0.1, -0.05) is 18.2 Å². The van der Waals surface area contributed by atoms with E-state index in [0.29, 0.717) is 25.4 Å². The first-order chi connectivity index (χ1) is 12.6. The zero-order valence-electron chi connectivity index (χ0n) is 14.6. The second-order valence-electron chi connectivity index (χ2n) is 6.01. The van der Waals surface area contributed by atoms with Gasteiger partial charge in [0.1, 0.15) is 18.2 Å². The molecule has 3 N–H and O–H groups in total. The first kappa shape index (κ1) is 17.8. The van der Waals surface area contributed by atoms with Crippen molar-refractivity contribution in [2.75, 3.05) is 19.7 Å². The van der Waals surface area contributed by atoms with E-state index in [-0.39, 0.29) is 11.8 Å². The number of fused-ring (bicyclic) bond motifs is 1. The Balaban J connectivity index is 1.37. The predicted octanol–water partition coefficient (Wildman–Crippen LogP) is 3.54. The summed E-state index contributed by atoms with van der Waals surface area (Å²) in [6.45, 7) is 3.28. The van der Waals surface area contributed by atoms with E-state index in [9.17, 15) is 9.18 Å². The molecule has 0 aliphatic heterocycles. The highest BCUT2D eigenvalue weighted by molar-refractivity contribution is 5.84. The van der Waals surface area contributed by atoms with Gasteiger partial charge in [0.05, 0.1) is 6.54 Å². The van der Waals surface area contributed by atoms with Crippen LogP contribution >= 0.6 is 0 Å². The fraction of sp³-hybridized carbons (Fsp3) is 0.250. The maximum absolute atomic E-state index is 12.8. The Kier molecular flexibility index (Phi) is 5.73. The smallest absolute Gasteiger partial charge is 0.314 e. The normalized spacial score (nSPS) is 10.7. The van der Waals surface area contributed by atoms with Crippen LogP contribution in [0.25, 0.3) is 10.9 Å². The van der Waals surface area contributed by atoms with E-state index in [4.69, 9.17) is 4.74 Å². The third-order valence-corrected chi connectivity index (χ3v) is 4.16. The molecule has 1 aromatic heterocycles. The monoisotopic (exact) mass is 355 g/mol. The molecule has 0 spiro atoms. The van der Waals surface area contributed by atoms with Gasteiger partial charge < -0.3 is 20.4 Å². The molecule has 0 saturated heterocycles. The number of ether oxygens (including phenoxy) is 1. The Morgan fingerprint density at radius 3 is 2.62 bits per heavy atom. The first-order valence-electron chi connectivity index (χ1n) is 8.60. The summed E-state index contributed by atoms with van der Waals surface area (Å²) in [5, 5.41) is 6.78. The molecule has 3 aromatic rings. The molecule has 5 nitrogen and oxygen atoms in total. The van der Waals surface area contributed by atoms with Crippen LogP contribution in [0, 0.1) is 12.7 Å². The number of amides is 2. The van der Waals surface area contributed by atoms with Gasteiger partial charge in [-0.15, -0.1) is 0 Å². The van der Waals surface area contributed by atoms with Crippen molar-refractivity contribution in [2.24, 2.45) is 0 Å². The summed E-state index contributed by atoms with van der Waals surface area (Å²) in [5.41, 5.74) is 3.46. The van der Waals surface area contributed by atoms with E-state index in [2.05, 4.69) is 21.7 Å². The van der Waals surface area contributed by atoms with Crippen LogP contribution in [0.15, 0.2) is 48.5 Å². The van der Waals surface area contributed by atoms with Crippen LogP contribution in [-0.4, -0.2) is 30.7 Å². The first-order valence-corrected chi connectivity index (χ1v) is 8.60. The molecule has 0 bridgehead atoms. The van der Waals surface area contributed by atoms with Gasteiger partial charge in [0.15, 0.2) is 0 Å². The van der Waals surface area contributed by atoms with Gasteiger partial charge >= 0.3 is 6.03 Å². The average Bonchev–Trinajstić information content (AvgIpc) is 2.96. The minimum atomic E-state index is -0.305. The number of aryl methyl sites for hydroxylation is 1. The summed E-state index contributed by atoms with van der Waals surface area (Å²) in [7, 11) is 0. The lowest BCUT2D eigenvalue weighted by Gasteiger charge is -2.09. The van der Waals surface area contributed by atoms with Crippen molar-refractivity contribution in [3.8, 4) is 5.75 Å².